The fourth-order valence-corrected chi connectivity index (χ4v) is 1.16. The van der Waals surface area contributed by atoms with Gasteiger partial charge in [-0.3, -0.25) is 5.43 Å². The zero-order valence-corrected chi connectivity index (χ0v) is 9.20. The first-order valence-electron chi connectivity index (χ1n) is 4.85. The molecule has 0 fully saturated rings. The number of rotatable bonds is 3. The second kappa shape index (κ2) is 4.74. The van der Waals surface area contributed by atoms with Crippen molar-refractivity contribution in [3.05, 3.63) is 23.4 Å². The number of nitrogens with one attached hydrogen (secondary N) is 1. The molecule has 0 aliphatic carbocycles. The molecule has 14 heavy (non-hydrogen) atoms. The minimum atomic E-state index is 0.518. The molecule has 3 heteroatoms. The standard InChI is InChI=1S/C11H17N3/c1-5-13-14-11-9(4)6-10(7-12-11)8(2)3/h5-8H,1-4H3,(H,12,14)/b13-5-. The van der Waals surface area contributed by atoms with E-state index in [4.69, 9.17) is 0 Å². The summed E-state index contributed by atoms with van der Waals surface area (Å²) < 4.78 is 0. The smallest absolute Gasteiger partial charge is 0.149 e. The fourth-order valence-electron chi connectivity index (χ4n) is 1.16. The lowest BCUT2D eigenvalue weighted by Gasteiger charge is -2.08. The summed E-state index contributed by atoms with van der Waals surface area (Å²) in [6, 6.07) is 2.14. The first-order valence-corrected chi connectivity index (χ1v) is 4.85. The number of hydrazone groups is 1. The maximum atomic E-state index is 4.31. The van der Waals surface area contributed by atoms with E-state index >= 15 is 0 Å². The van der Waals surface area contributed by atoms with Crippen LogP contribution in [0.5, 0.6) is 0 Å². The summed E-state index contributed by atoms with van der Waals surface area (Å²) in [5.41, 5.74) is 5.27. The van der Waals surface area contributed by atoms with Crippen molar-refractivity contribution < 1.29 is 0 Å². The number of pyridine rings is 1. The van der Waals surface area contributed by atoms with Crippen LogP contribution in [0.4, 0.5) is 5.82 Å². The topological polar surface area (TPSA) is 37.3 Å². The van der Waals surface area contributed by atoms with Gasteiger partial charge in [-0.25, -0.2) is 4.98 Å². The normalized spacial score (nSPS) is 11.2. The van der Waals surface area contributed by atoms with E-state index in [0.29, 0.717) is 5.92 Å². The predicted octanol–water partition coefficient (Wildman–Crippen LogP) is 2.93. The van der Waals surface area contributed by atoms with Crippen molar-refractivity contribution in [2.45, 2.75) is 33.6 Å². The van der Waals surface area contributed by atoms with Gasteiger partial charge >= 0.3 is 0 Å². The molecule has 0 radical (unpaired) electrons. The highest BCUT2D eigenvalue weighted by molar-refractivity contribution is 5.56. The summed E-state index contributed by atoms with van der Waals surface area (Å²) in [6.07, 6.45) is 3.60. The van der Waals surface area contributed by atoms with Crippen molar-refractivity contribution >= 4 is 12.0 Å². The number of nitrogens with zero attached hydrogens (tertiary/aromatic N) is 2. The molecule has 76 valence electrons. The van der Waals surface area contributed by atoms with Gasteiger partial charge in [0.25, 0.3) is 0 Å². The van der Waals surface area contributed by atoms with Crippen LogP contribution in [0.2, 0.25) is 0 Å². The van der Waals surface area contributed by atoms with E-state index in [0.717, 1.165) is 11.4 Å². The van der Waals surface area contributed by atoms with Gasteiger partial charge in [0.05, 0.1) is 0 Å². The van der Waals surface area contributed by atoms with Crippen molar-refractivity contribution in [2.75, 3.05) is 5.43 Å². The van der Waals surface area contributed by atoms with Gasteiger partial charge in [-0.15, -0.1) is 0 Å². The molecule has 0 atom stereocenters. The lowest BCUT2D eigenvalue weighted by Crippen LogP contribution is -1.98. The van der Waals surface area contributed by atoms with Crippen molar-refractivity contribution in [3.8, 4) is 0 Å². The van der Waals surface area contributed by atoms with E-state index in [2.05, 4.69) is 35.4 Å². The Labute approximate surface area is 85.3 Å². The minimum absolute atomic E-state index is 0.518. The quantitative estimate of drug-likeness (QED) is 0.589. The van der Waals surface area contributed by atoms with Crippen molar-refractivity contribution in [2.24, 2.45) is 5.10 Å². The van der Waals surface area contributed by atoms with Crippen molar-refractivity contribution in [1.29, 1.82) is 0 Å². The summed E-state index contributed by atoms with van der Waals surface area (Å²) in [6.45, 7) is 8.22. The Hall–Kier alpha value is -1.38. The monoisotopic (exact) mass is 191 g/mol. The van der Waals surface area contributed by atoms with Crippen LogP contribution in [0.25, 0.3) is 0 Å². The SMILES string of the molecule is C/C=N\Nc1ncc(C(C)C)cc1C. The number of anilines is 1. The average molecular weight is 191 g/mol. The molecule has 0 aliphatic rings. The molecule has 0 saturated heterocycles. The van der Waals surface area contributed by atoms with Gasteiger partial charge in [-0.1, -0.05) is 19.9 Å². The summed E-state index contributed by atoms with van der Waals surface area (Å²) in [7, 11) is 0. The third-order valence-corrected chi connectivity index (χ3v) is 2.07. The molecule has 0 amide bonds. The van der Waals surface area contributed by atoms with Crippen molar-refractivity contribution in [3.63, 3.8) is 0 Å². The molecule has 1 rings (SSSR count). The van der Waals surface area contributed by atoms with Crippen LogP contribution in [0, 0.1) is 6.92 Å². The molecule has 0 spiro atoms. The summed E-state index contributed by atoms with van der Waals surface area (Å²) in [5, 5.41) is 3.94. The van der Waals surface area contributed by atoms with E-state index in [1.165, 1.54) is 5.56 Å². The lowest BCUT2D eigenvalue weighted by atomic mass is 10.0. The Morgan fingerprint density at radius 2 is 2.21 bits per heavy atom. The molecule has 0 aliphatic heterocycles. The van der Waals surface area contributed by atoms with Crippen LogP contribution in [0.15, 0.2) is 17.4 Å². The maximum Gasteiger partial charge on any atom is 0.149 e. The molecule has 0 aromatic carbocycles. The molecule has 1 aromatic heterocycles. The first kappa shape index (κ1) is 10.7. The Bertz CT molecular complexity index is 329. The number of hydrogen-bond donors (Lipinski definition) is 1. The van der Waals surface area contributed by atoms with Crippen LogP contribution in [0.1, 0.15) is 37.8 Å². The van der Waals surface area contributed by atoms with E-state index in [9.17, 15) is 0 Å². The largest absolute Gasteiger partial charge is 0.261 e. The fraction of sp³-hybridized carbons (Fsp3) is 0.455. The zero-order chi connectivity index (χ0) is 10.6. The molecule has 0 unspecified atom stereocenters. The summed E-state index contributed by atoms with van der Waals surface area (Å²) in [4.78, 5) is 4.31. The second-order valence-electron chi connectivity index (χ2n) is 3.59. The molecular weight excluding hydrogens is 174 g/mol. The minimum Gasteiger partial charge on any atom is -0.261 e. The highest BCUT2D eigenvalue weighted by Crippen LogP contribution is 2.18. The second-order valence-corrected chi connectivity index (χ2v) is 3.59. The maximum absolute atomic E-state index is 4.31. The third-order valence-electron chi connectivity index (χ3n) is 2.07. The molecule has 0 bridgehead atoms. The van der Waals surface area contributed by atoms with Gasteiger partial charge in [0, 0.05) is 12.4 Å². The number of aromatic nitrogens is 1. The molecule has 1 N–H and O–H groups in total. The third kappa shape index (κ3) is 2.55. The highest BCUT2D eigenvalue weighted by Gasteiger charge is 2.03. The van der Waals surface area contributed by atoms with Crippen molar-refractivity contribution in [1.82, 2.24) is 4.98 Å². The van der Waals surface area contributed by atoms with E-state index in [1.54, 1.807) is 6.21 Å². The van der Waals surface area contributed by atoms with Crippen LogP contribution < -0.4 is 5.43 Å². The average Bonchev–Trinajstić information content (AvgIpc) is 2.15. The van der Waals surface area contributed by atoms with Gasteiger partial charge in [0.15, 0.2) is 0 Å². The zero-order valence-electron chi connectivity index (χ0n) is 9.20. The van der Waals surface area contributed by atoms with Gasteiger partial charge in [-0.2, -0.15) is 5.10 Å². The summed E-state index contributed by atoms with van der Waals surface area (Å²) >= 11 is 0. The Morgan fingerprint density at radius 3 is 2.71 bits per heavy atom. The van der Waals surface area contributed by atoms with Crippen LogP contribution in [-0.2, 0) is 0 Å². The highest BCUT2D eigenvalue weighted by atomic mass is 15.3. The molecule has 1 heterocycles. The van der Waals surface area contributed by atoms with Gasteiger partial charge < -0.3 is 0 Å². The van der Waals surface area contributed by atoms with E-state index in [-0.39, 0.29) is 0 Å². The van der Waals surface area contributed by atoms with Crippen LogP contribution in [0.3, 0.4) is 0 Å². The molecule has 1 aromatic rings. The van der Waals surface area contributed by atoms with E-state index < -0.39 is 0 Å². The van der Waals surface area contributed by atoms with Gasteiger partial charge in [-0.05, 0) is 30.9 Å². The Morgan fingerprint density at radius 1 is 1.50 bits per heavy atom. The summed E-state index contributed by atoms with van der Waals surface area (Å²) in [5.74, 6) is 1.34. The van der Waals surface area contributed by atoms with Gasteiger partial charge in [0.2, 0.25) is 0 Å². The number of hydrogen-bond acceptors (Lipinski definition) is 3. The van der Waals surface area contributed by atoms with Crippen LogP contribution >= 0.6 is 0 Å². The lowest BCUT2D eigenvalue weighted by molar-refractivity contribution is 0.855. The first-order chi connectivity index (χ1) is 6.65. The number of aryl methyl sites for hydroxylation is 1. The van der Waals surface area contributed by atoms with Gasteiger partial charge in [0.1, 0.15) is 5.82 Å². The molecule has 3 nitrogen and oxygen atoms in total. The molecule has 0 saturated carbocycles. The Balaban J connectivity index is 2.89. The molecular formula is C11H17N3. The Kier molecular flexibility index (Phi) is 3.63. The van der Waals surface area contributed by atoms with Crippen LogP contribution in [-0.4, -0.2) is 11.2 Å². The predicted molar refractivity (Wildman–Crippen MR) is 60.9 cm³/mol. The van der Waals surface area contributed by atoms with E-state index in [1.807, 2.05) is 20.0 Å².